The summed E-state index contributed by atoms with van der Waals surface area (Å²) in [7, 11) is 2.30. The van der Waals surface area contributed by atoms with Crippen molar-refractivity contribution >= 4 is 12.1 Å². The molecule has 11 nitrogen and oxygen atoms in total. The van der Waals surface area contributed by atoms with Crippen LogP contribution in [0.1, 0.15) is 27.2 Å². The zero-order valence-electron chi connectivity index (χ0n) is 16.0. The number of alkyl carbamates (subject to hydrolysis) is 1. The normalized spacial score (nSPS) is 30.9. The molecule has 0 saturated carbocycles. The quantitative estimate of drug-likeness (QED) is 0.326. The Labute approximate surface area is 157 Å². The molecule has 0 unspecified atom stereocenters. The number of rotatable bonds is 6. The first-order chi connectivity index (χ1) is 12.4. The van der Waals surface area contributed by atoms with Crippen LogP contribution < -0.4 is 5.32 Å². The first kappa shape index (κ1) is 23.5. The third-order valence-electron chi connectivity index (χ3n) is 3.97. The van der Waals surface area contributed by atoms with Gasteiger partial charge >= 0.3 is 12.1 Å². The topological polar surface area (TPSA) is 164 Å². The van der Waals surface area contributed by atoms with Gasteiger partial charge in [-0.05, 0) is 20.8 Å². The molecule has 1 amide bonds. The minimum atomic E-state index is -2.48. The van der Waals surface area contributed by atoms with E-state index in [9.17, 15) is 24.9 Å². The second-order valence-electron chi connectivity index (χ2n) is 7.25. The zero-order chi connectivity index (χ0) is 21.0. The van der Waals surface area contributed by atoms with Gasteiger partial charge in [0.25, 0.3) is 5.79 Å². The van der Waals surface area contributed by atoms with Crippen molar-refractivity contribution in [2.24, 2.45) is 0 Å². The highest BCUT2D eigenvalue weighted by Gasteiger charge is 2.55. The number of hydrogen-bond acceptors (Lipinski definition) is 10. The maximum Gasteiger partial charge on any atom is 0.408 e. The van der Waals surface area contributed by atoms with Crippen LogP contribution in [0.2, 0.25) is 0 Å². The number of nitrogens with one attached hydrogen (secondary N) is 1. The molecule has 1 saturated heterocycles. The van der Waals surface area contributed by atoms with Gasteiger partial charge in [0.2, 0.25) is 0 Å². The number of aliphatic hydroxyl groups excluding tert-OH is 3. The van der Waals surface area contributed by atoms with E-state index in [-0.39, 0.29) is 0 Å². The van der Waals surface area contributed by atoms with Gasteiger partial charge in [-0.3, -0.25) is 0 Å². The van der Waals surface area contributed by atoms with Gasteiger partial charge in [0.05, 0.1) is 25.9 Å². The van der Waals surface area contributed by atoms with Crippen molar-refractivity contribution in [3.8, 4) is 0 Å². The van der Waals surface area contributed by atoms with Crippen LogP contribution >= 0.6 is 0 Å². The van der Waals surface area contributed by atoms with Crippen LogP contribution in [0.4, 0.5) is 4.79 Å². The van der Waals surface area contributed by atoms with E-state index >= 15 is 0 Å². The monoisotopic (exact) mass is 395 g/mol. The molecule has 5 N–H and O–H groups in total. The number of ether oxygens (including phenoxy) is 4. The van der Waals surface area contributed by atoms with Gasteiger partial charge in [0.1, 0.15) is 23.9 Å². The van der Waals surface area contributed by atoms with Crippen molar-refractivity contribution in [2.75, 3.05) is 20.8 Å². The van der Waals surface area contributed by atoms with Crippen LogP contribution in [0, 0.1) is 0 Å². The molecule has 0 aromatic carbocycles. The Kier molecular flexibility index (Phi) is 7.96. The van der Waals surface area contributed by atoms with E-state index in [2.05, 4.69) is 10.1 Å². The fourth-order valence-electron chi connectivity index (χ4n) is 2.71. The summed E-state index contributed by atoms with van der Waals surface area (Å²) >= 11 is 0. The predicted molar refractivity (Wildman–Crippen MR) is 89.5 cm³/mol. The Hall–Kier alpha value is -1.50. The molecule has 11 heteroatoms. The Morgan fingerprint density at radius 3 is 2.33 bits per heavy atom. The number of carbonyl (C=O) groups is 2. The van der Waals surface area contributed by atoms with Crippen molar-refractivity contribution < 1.29 is 49.0 Å². The summed E-state index contributed by atoms with van der Waals surface area (Å²) in [5.74, 6) is -3.63. The average Bonchev–Trinajstić information content (AvgIpc) is 2.59. The van der Waals surface area contributed by atoms with Crippen LogP contribution in [0.5, 0.6) is 0 Å². The maximum absolute atomic E-state index is 12.2. The summed E-state index contributed by atoms with van der Waals surface area (Å²) in [6.07, 6.45) is -7.27. The maximum atomic E-state index is 12.2. The zero-order valence-corrected chi connectivity index (χ0v) is 16.0. The minimum absolute atomic E-state index is 0.422. The lowest BCUT2D eigenvalue weighted by molar-refractivity contribution is -0.298. The molecule has 1 heterocycles. The minimum Gasteiger partial charge on any atom is -0.465 e. The van der Waals surface area contributed by atoms with E-state index in [1.54, 1.807) is 20.8 Å². The molecule has 1 rings (SSSR count). The summed E-state index contributed by atoms with van der Waals surface area (Å²) < 4.78 is 20.2. The largest absolute Gasteiger partial charge is 0.465 e. The lowest BCUT2D eigenvalue weighted by Gasteiger charge is -2.46. The third-order valence-corrected chi connectivity index (χ3v) is 3.97. The van der Waals surface area contributed by atoms with E-state index in [1.165, 1.54) is 7.11 Å². The molecule has 27 heavy (non-hydrogen) atoms. The molecule has 158 valence electrons. The number of esters is 1. The number of amides is 1. The second-order valence-corrected chi connectivity index (χ2v) is 7.25. The molecular formula is C16H29NO10. The molecule has 0 aromatic rings. The molecule has 0 radical (unpaired) electrons. The van der Waals surface area contributed by atoms with Crippen LogP contribution in [-0.2, 0) is 23.7 Å². The summed E-state index contributed by atoms with van der Waals surface area (Å²) in [4.78, 5) is 24.1. The molecule has 0 bridgehead atoms. The molecule has 0 aliphatic carbocycles. The number of aliphatic hydroxyl groups is 4. The molecule has 0 spiro atoms. The van der Waals surface area contributed by atoms with Crippen molar-refractivity contribution in [1.82, 2.24) is 5.32 Å². The van der Waals surface area contributed by atoms with E-state index in [1.807, 2.05) is 0 Å². The first-order valence-corrected chi connectivity index (χ1v) is 8.36. The lowest BCUT2D eigenvalue weighted by atomic mass is 9.88. The van der Waals surface area contributed by atoms with E-state index in [0.29, 0.717) is 0 Å². The standard InChI is InChI=1S/C16H29NO10/c1-15(2,3)27-14(22)17-10-9(24-4)6-16(23,13(21)25-5)26-12(10)11(20)8(19)7-18/h8-12,18-20,23H,6-7H2,1-5H3,(H,17,22)/t8-,9+,10-,11-,12-,16-/m1/s1. The van der Waals surface area contributed by atoms with Gasteiger partial charge in [0, 0.05) is 13.5 Å². The van der Waals surface area contributed by atoms with Crippen LogP contribution in [-0.4, -0.2) is 95.2 Å². The second kappa shape index (κ2) is 9.13. The lowest BCUT2D eigenvalue weighted by Crippen LogP contribution is -2.68. The van der Waals surface area contributed by atoms with E-state index in [0.717, 1.165) is 7.11 Å². The Bertz CT molecular complexity index is 522. The van der Waals surface area contributed by atoms with Gasteiger partial charge in [-0.2, -0.15) is 0 Å². The molecule has 6 atom stereocenters. The fourth-order valence-corrected chi connectivity index (χ4v) is 2.71. The molecule has 0 aromatic heterocycles. The highest BCUT2D eigenvalue weighted by molar-refractivity contribution is 5.77. The highest BCUT2D eigenvalue weighted by atomic mass is 16.7. The van der Waals surface area contributed by atoms with Crippen molar-refractivity contribution in [2.45, 2.75) is 69.0 Å². The summed E-state index contributed by atoms with van der Waals surface area (Å²) in [5.41, 5.74) is -0.812. The molecule has 1 aliphatic heterocycles. The fraction of sp³-hybridized carbons (Fsp3) is 0.875. The number of carbonyl (C=O) groups excluding carboxylic acids is 2. The van der Waals surface area contributed by atoms with Crippen LogP contribution in [0.15, 0.2) is 0 Å². The van der Waals surface area contributed by atoms with E-state index < -0.39 is 66.9 Å². The van der Waals surface area contributed by atoms with Gasteiger partial charge in [-0.15, -0.1) is 0 Å². The van der Waals surface area contributed by atoms with Crippen molar-refractivity contribution in [3.05, 3.63) is 0 Å². The predicted octanol–water partition coefficient (Wildman–Crippen LogP) is -1.74. The molecule has 1 aliphatic rings. The van der Waals surface area contributed by atoms with Crippen molar-refractivity contribution in [1.29, 1.82) is 0 Å². The number of hydrogen-bond donors (Lipinski definition) is 5. The van der Waals surface area contributed by atoms with Crippen molar-refractivity contribution in [3.63, 3.8) is 0 Å². The Morgan fingerprint density at radius 2 is 1.89 bits per heavy atom. The third kappa shape index (κ3) is 5.99. The Balaban J connectivity index is 3.18. The molecular weight excluding hydrogens is 366 g/mol. The van der Waals surface area contributed by atoms with Gasteiger partial charge in [0.15, 0.2) is 0 Å². The average molecular weight is 395 g/mol. The number of methoxy groups -OCH3 is 2. The summed E-state index contributed by atoms with van der Waals surface area (Å²) in [6.45, 7) is 4.12. The SMILES string of the molecule is COC(=O)[C@@]1(O)C[C@H](OC)[C@@H](NC(=O)OC(C)(C)C)[C@H]([C@H](O)[C@H](O)CO)O1. The molecule has 1 fully saturated rings. The smallest absolute Gasteiger partial charge is 0.408 e. The van der Waals surface area contributed by atoms with E-state index in [4.69, 9.17) is 19.3 Å². The van der Waals surface area contributed by atoms with Gasteiger partial charge < -0.3 is 44.7 Å². The highest BCUT2D eigenvalue weighted by Crippen LogP contribution is 2.32. The Morgan fingerprint density at radius 1 is 1.30 bits per heavy atom. The summed E-state index contributed by atoms with van der Waals surface area (Å²) in [5, 5.41) is 42.1. The van der Waals surface area contributed by atoms with Gasteiger partial charge in [-0.25, -0.2) is 9.59 Å². The van der Waals surface area contributed by atoms with Crippen LogP contribution in [0.3, 0.4) is 0 Å². The summed E-state index contributed by atoms with van der Waals surface area (Å²) in [6, 6.07) is -1.12. The first-order valence-electron chi connectivity index (χ1n) is 8.36. The van der Waals surface area contributed by atoms with Crippen LogP contribution in [0.25, 0.3) is 0 Å². The van der Waals surface area contributed by atoms with Gasteiger partial charge in [-0.1, -0.05) is 0 Å².